The van der Waals surface area contributed by atoms with Gasteiger partial charge in [-0.3, -0.25) is 4.79 Å². The monoisotopic (exact) mass is 380 g/mol. The summed E-state index contributed by atoms with van der Waals surface area (Å²) >= 11 is 5.94. The molecule has 1 N–H and O–H groups in total. The molecule has 1 amide bonds. The first-order valence-corrected chi connectivity index (χ1v) is 10.4. The number of halogens is 1. The summed E-state index contributed by atoms with van der Waals surface area (Å²) in [6.45, 7) is 4.24. The Balaban J connectivity index is 1.75. The van der Waals surface area contributed by atoms with Crippen LogP contribution >= 0.6 is 11.6 Å². The highest BCUT2D eigenvalue weighted by Gasteiger charge is 2.28. The number of carbonyl (C=O) groups excluding carboxylic acids is 1. The molecule has 2 heterocycles. The van der Waals surface area contributed by atoms with Gasteiger partial charge in [-0.2, -0.15) is 0 Å². The van der Waals surface area contributed by atoms with Gasteiger partial charge in [-0.25, -0.2) is 8.42 Å². The first kappa shape index (κ1) is 18.0. The van der Waals surface area contributed by atoms with Gasteiger partial charge >= 0.3 is 0 Å². The fraction of sp³-hybridized carbons (Fsp3) is 0.389. The predicted octanol–water partition coefficient (Wildman–Crippen LogP) is 2.91. The average Bonchev–Trinajstić information content (AvgIpc) is 3.05. The van der Waals surface area contributed by atoms with Crippen molar-refractivity contribution in [2.24, 2.45) is 5.92 Å². The van der Waals surface area contributed by atoms with Crippen molar-refractivity contribution in [1.82, 2.24) is 9.88 Å². The van der Waals surface area contributed by atoms with Gasteiger partial charge in [0.05, 0.1) is 17.1 Å². The summed E-state index contributed by atoms with van der Waals surface area (Å²) < 4.78 is 25.0. The molecule has 2 aromatic rings. The van der Waals surface area contributed by atoms with Gasteiger partial charge in [0.2, 0.25) is 0 Å². The number of hydrogen-bond donors (Lipinski definition) is 1. The third-order valence-electron chi connectivity index (χ3n) is 4.64. The van der Waals surface area contributed by atoms with Crippen molar-refractivity contribution < 1.29 is 13.2 Å². The Hall–Kier alpha value is -1.79. The minimum absolute atomic E-state index is 0.00806. The van der Waals surface area contributed by atoms with Crippen molar-refractivity contribution in [3.05, 3.63) is 52.3 Å². The van der Waals surface area contributed by atoms with E-state index in [4.69, 9.17) is 11.6 Å². The van der Waals surface area contributed by atoms with Crippen LogP contribution in [0.4, 0.5) is 0 Å². The molecule has 0 aliphatic carbocycles. The third kappa shape index (κ3) is 3.90. The number of hydrogen-bond acceptors (Lipinski definition) is 3. The van der Waals surface area contributed by atoms with Crippen molar-refractivity contribution in [3.8, 4) is 5.69 Å². The van der Waals surface area contributed by atoms with Gasteiger partial charge in [-0.05, 0) is 56.5 Å². The van der Waals surface area contributed by atoms with E-state index in [1.54, 1.807) is 0 Å². The van der Waals surface area contributed by atoms with Gasteiger partial charge in [0, 0.05) is 28.6 Å². The van der Waals surface area contributed by atoms with E-state index < -0.39 is 9.84 Å². The quantitative estimate of drug-likeness (QED) is 0.886. The first-order chi connectivity index (χ1) is 11.8. The topological polar surface area (TPSA) is 68.2 Å². The van der Waals surface area contributed by atoms with Gasteiger partial charge in [0.15, 0.2) is 9.84 Å². The number of sulfone groups is 1. The number of amides is 1. The summed E-state index contributed by atoms with van der Waals surface area (Å²) in [6, 6.07) is 9.30. The summed E-state index contributed by atoms with van der Waals surface area (Å²) in [6.07, 6.45) is 0.617. The maximum atomic E-state index is 12.5. The van der Waals surface area contributed by atoms with Crippen molar-refractivity contribution in [1.29, 1.82) is 0 Å². The maximum Gasteiger partial charge on any atom is 0.253 e. The van der Waals surface area contributed by atoms with Crippen LogP contribution in [0.15, 0.2) is 30.3 Å². The van der Waals surface area contributed by atoms with E-state index in [1.165, 1.54) is 0 Å². The zero-order chi connectivity index (χ0) is 18.2. The van der Waals surface area contributed by atoms with Gasteiger partial charge < -0.3 is 9.88 Å². The molecular weight excluding hydrogens is 360 g/mol. The molecule has 3 rings (SSSR count). The number of aryl methyl sites for hydroxylation is 1. The second-order valence-corrected chi connectivity index (χ2v) is 9.24. The standard InChI is InChI=1S/C18H21ClN2O3S/c1-12-9-17(13(2)21(12)16-5-3-15(19)4-6-16)18(22)20-10-14-7-8-25(23,24)11-14/h3-6,9,14H,7-8,10-11H2,1-2H3,(H,20,22). The van der Waals surface area contributed by atoms with E-state index in [0.29, 0.717) is 23.6 Å². The van der Waals surface area contributed by atoms with Crippen LogP contribution in [0.1, 0.15) is 28.2 Å². The number of rotatable bonds is 4. The van der Waals surface area contributed by atoms with E-state index >= 15 is 0 Å². The molecule has 1 atom stereocenters. The van der Waals surface area contributed by atoms with Crippen LogP contribution in [0.3, 0.4) is 0 Å². The summed E-state index contributed by atoms with van der Waals surface area (Å²) in [5.74, 6) is 0.224. The van der Waals surface area contributed by atoms with E-state index in [9.17, 15) is 13.2 Å². The largest absolute Gasteiger partial charge is 0.352 e. The summed E-state index contributed by atoms with van der Waals surface area (Å²) in [4.78, 5) is 12.5. The molecule has 1 aliphatic rings. The molecule has 0 radical (unpaired) electrons. The number of nitrogens with one attached hydrogen (secondary N) is 1. The highest BCUT2D eigenvalue weighted by atomic mass is 35.5. The molecule has 1 saturated heterocycles. The van der Waals surface area contributed by atoms with Crippen molar-refractivity contribution in [2.75, 3.05) is 18.1 Å². The molecular formula is C18H21ClN2O3S. The lowest BCUT2D eigenvalue weighted by molar-refractivity contribution is 0.0948. The Morgan fingerprint density at radius 1 is 1.28 bits per heavy atom. The lowest BCUT2D eigenvalue weighted by Crippen LogP contribution is -2.30. The Morgan fingerprint density at radius 2 is 1.96 bits per heavy atom. The van der Waals surface area contributed by atoms with Crippen molar-refractivity contribution >= 4 is 27.3 Å². The van der Waals surface area contributed by atoms with Gasteiger partial charge in [-0.1, -0.05) is 11.6 Å². The van der Waals surface area contributed by atoms with Crippen LogP contribution in [-0.2, 0) is 9.84 Å². The zero-order valence-electron chi connectivity index (χ0n) is 14.3. The highest BCUT2D eigenvalue weighted by molar-refractivity contribution is 7.91. The average molecular weight is 381 g/mol. The molecule has 25 heavy (non-hydrogen) atoms. The van der Waals surface area contributed by atoms with Crippen LogP contribution in [-0.4, -0.2) is 36.9 Å². The fourth-order valence-electron chi connectivity index (χ4n) is 3.35. The molecule has 0 spiro atoms. The van der Waals surface area contributed by atoms with Crippen LogP contribution < -0.4 is 5.32 Å². The number of benzene rings is 1. The SMILES string of the molecule is Cc1cc(C(=O)NCC2CCS(=O)(=O)C2)c(C)n1-c1ccc(Cl)cc1. The second kappa shape index (κ2) is 6.84. The highest BCUT2D eigenvalue weighted by Crippen LogP contribution is 2.23. The smallest absolute Gasteiger partial charge is 0.253 e. The van der Waals surface area contributed by atoms with Crippen molar-refractivity contribution in [2.45, 2.75) is 20.3 Å². The predicted molar refractivity (Wildman–Crippen MR) is 99.3 cm³/mol. The van der Waals surface area contributed by atoms with Crippen LogP contribution in [0.5, 0.6) is 0 Å². The van der Waals surface area contributed by atoms with Crippen LogP contribution in [0.2, 0.25) is 5.02 Å². The zero-order valence-corrected chi connectivity index (χ0v) is 15.8. The fourth-order valence-corrected chi connectivity index (χ4v) is 5.33. The van der Waals surface area contributed by atoms with E-state index in [0.717, 1.165) is 17.1 Å². The third-order valence-corrected chi connectivity index (χ3v) is 6.73. The number of nitrogens with zero attached hydrogens (tertiary/aromatic N) is 1. The van der Waals surface area contributed by atoms with E-state index in [1.807, 2.05) is 48.7 Å². The molecule has 0 saturated carbocycles. The molecule has 7 heteroatoms. The van der Waals surface area contributed by atoms with Gasteiger partial charge in [-0.15, -0.1) is 0 Å². The number of carbonyl (C=O) groups is 1. The summed E-state index contributed by atoms with van der Waals surface area (Å²) in [5.41, 5.74) is 3.35. The van der Waals surface area contributed by atoms with Crippen LogP contribution in [0.25, 0.3) is 5.69 Å². The molecule has 1 aliphatic heterocycles. The van der Waals surface area contributed by atoms with Gasteiger partial charge in [0.25, 0.3) is 5.91 Å². The summed E-state index contributed by atoms with van der Waals surface area (Å²) in [5, 5.41) is 3.55. The normalized spacial score (nSPS) is 19.1. The molecule has 1 aromatic carbocycles. The molecule has 0 bridgehead atoms. The number of aromatic nitrogens is 1. The first-order valence-electron chi connectivity index (χ1n) is 8.20. The van der Waals surface area contributed by atoms with Crippen LogP contribution in [0, 0.1) is 19.8 Å². The summed E-state index contributed by atoms with van der Waals surface area (Å²) in [7, 11) is -2.92. The minimum atomic E-state index is -2.92. The molecule has 1 aromatic heterocycles. The molecule has 134 valence electrons. The molecule has 1 unspecified atom stereocenters. The Morgan fingerprint density at radius 3 is 2.56 bits per heavy atom. The Labute approximate surface area is 152 Å². The lowest BCUT2D eigenvalue weighted by atomic mass is 10.1. The Bertz CT molecular complexity index is 901. The second-order valence-electron chi connectivity index (χ2n) is 6.58. The van der Waals surface area contributed by atoms with Crippen molar-refractivity contribution in [3.63, 3.8) is 0 Å². The minimum Gasteiger partial charge on any atom is -0.352 e. The Kier molecular flexibility index (Phi) is 4.93. The molecule has 1 fully saturated rings. The maximum absolute atomic E-state index is 12.5. The van der Waals surface area contributed by atoms with Gasteiger partial charge in [0.1, 0.15) is 0 Å². The van der Waals surface area contributed by atoms with E-state index in [2.05, 4.69) is 5.32 Å². The van der Waals surface area contributed by atoms with E-state index in [-0.39, 0.29) is 23.3 Å². The molecule has 5 nitrogen and oxygen atoms in total. The lowest BCUT2D eigenvalue weighted by Gasteiger charge is -2.11.